The van der Waals surface area contributed by atoms with E-state index in [1.807, 2.05) is 0 Å². The van der Waals surface area contributed by atoms with Gasteiger partial charge in [-0.3, -0.25) is 9.78 Å². The first-order chi connectivity index (χ1) is 15.1. The molecule has 0 bridgehead atoms. The number of nitrogens with one attached hydrogen (secondary N) is 2. The Labute approximate surface area is 177 Å². The largest absolute Gasteiger partial charge is 0.487 e. The number of hydrogen-bond donors (Lipinski definition) is 2. The van der Waals surface area contributed by atoms with Crippen molar-refractivity contribution in [3.63, 3.8) is 0 Å². The number of rotatable bonds is 4. The first-order valence-corrected chi connectivity index (χ1v) is 10.2. The van der Waals surface area contributed by atoms with Gasteiger partial charge < -0.3 is 19.8 Å². The molecule has 4 aromatic rings. The van der Waals surface area contributed by atoms with Crippen LogP contribution in [-0.4, -0.2) is 44.5 Å². The number of amides is 1. The van der Waals surface area contributed by atoms with Gasteiger partial charge in [0.1, 0.15) is 22.9 Å². The number of piperidine rings is 1. The van der Waals surface area contributed by atoms with Crippen LogP contribution in [0.25, 0.3) is 16.7 Å². The van der Waals surface area contributed by atoms with Crippen LogP contribution in [-0.2, 0) is 0 Å². The fourth-order valence-corrected chi connectivity index (χ4v) is 3.86. The Kier molecular flexibility index (Phi) is 4.95. The predicted molar refractivity (Wildman–Crippen MR) is 114 cm³/mol. The molecule has 0 spiro atoms. The normalized spacial score (nSPS) is 16.5. The Bertz CT molecular complexity index is 1280. The Morgan fingerprint density at radius 2 is 2.10 bits per heavy atom. The SMILES string of the molecule is Cc1cn2cc(NC(=O)c3ccc(OC4CCCNC4)c4nccnc34)cc(F)c2n1. The van der Waals surface area contributed by atoms with Crippen molar-refractivity contribution in [3.05, 3.63) is 60.1 Å². The molecular formula is C22H21FN6O2. The lowest BCUT2D eigenvalue weighted by Gasteiger charge is -2.24. The predicted octanol–water partition coefficient (Wildman–Crippen LogP) is 3.11. The minimum Gasteiger partial charge on any atom is -0.487 e. The van der Waals surface area contributed by atoms with Gasteiger partial charge in [-0.2, -0.15) is 0 Å². The molecule has 1 atom stereocenters. The number of benzene rings is 1. The second-order valence-electron chi connectivity index (χ2n) is 7.60. The number of pyridine rings is 1. The van der Waals surface area contributed by atoms with Crippen LogP contribution in [0, 0.1) is 12.7 Å². The molecule has 9 heteroatoms. The summed E-state index contributed by atoms with van der Waals surface area (Å²) in [6.07, 6.45) is 8.47. The van der Waals surface area contributed by atoms with Crippen molar-refractivity contribution < 1.29 is 13.9 Å². The average Bonchev–Trinajstić information content (AvgIpc) is 3.15. The van der Waals surface area contributed by atoms with E-state index in [0.29, 0.717) is 33.7 Å². The molecule has 1 unspecified atom stereocenters. The Morgan fingerprint density at radius 1 is 1.26 bits per heavy atom. The number of fused-ring (bicyclic) bond motifs is 2. The van der Waals surface area contributed by atoms with Gasteiger partial charge >= 0.3 is 0 Å². The lowest BCUT2D eigenvalue weighted by molar-refractivity contribution is 0.102. The van der Waals surface area contributed by atoms with Crippen LogP contribution < -0.4 is 15.4 Å². The Morgan fingerprint density at radius 3 is 2.90 bits per heavy atom. The highest BCUT2D eigenvalue weighted by molar-refractivity contribution is 6.12. The maximum Gasteiger partial charge on any atom is 0.257 e. The van der Waals surface area contributed by atoms with Crippen LogP contribution in [0.2, 0.25) is 0 Å². The first-order valence-electron chi connectivity index (χ1n) is 10.2. The van der Waals surface area contributed by atoms with Gasteiger partial charge in [-0.05, 0) is 38.4 Å². The van der Waals surface area contributed by atoms with E-state index in [0.717, 1.165) is 25.9 Å². The highest BCUT2D eigenvalue weighted by Crippen LogP contribution is 2.28. The van der Waals surface area contributed by atoms with Crippen molar-refractivity contribution in [2.75, 3.05) is 18.4 Å². The van der Waals surface area contributed by atoms with Crippen LogP contribution in [0.5, 0.6) is 5.75 Å². The van der Waals surface area contributed by atoms with E-state index in [1.54, 1.807) is 42.0 Å². The van der Waals surface area contributed by atoms with Crippen molar-refractivity contribution in [2.45, 2.75) is 25.9 Å². The Balaban J connectivity index is 1.46. The lowest BCUT2D eigenvalue weighted by atomic mass is 10.1. The third kappa shape index (κ3) is 3.79. The summed E-state index contributed by atoms with van der Waals surface area (Å²) >= 11 is 0. The minimum absolute atomic E-state index is 0.0481. The van der Waals surface area contributed by atoms with E-state index in [1.165, 1.54) is 12.3 Å². The summed E-state index contributed by atoms with van der Waals surface area (Å²) in [6.45, 7) is 3.54. The van der Waals surface area contributed by atoms with E-state index in [-0.39, 0.29) is 11.8 Å². The fourth-order valence-electron chi connectivity index (χ4n) is 3.86. The van der Waals surface area contributed by atoms with Gasteiger partial charge in [-0.1, -0.05) is 0 Å². The number of hydrogen-bond acceptors (Lipinski definition) is 6. The second-order valence-corrected chi connectivity index (χ2v) is 7.60. The van der Waals surface area contributed by atoms with Gasteiger partial charge in [0.05, 0.1) is 16.9 Å². The maximum absolute atomic E-state index is 14.4. The Hall–Kier alpha value is -3.59. The molecule has 31 heavy (non-hydrogen) atoms. The van der Waals surface area contributed by atoms with Crippen LogP contribution >= 0.6 is 0 Å². The quantitative estimate of drug-likeness (QED) is 0.527. The molecule has 1 aliphatic heterocycles. The highest BCUT2D eigenvalue weighted by Gasteiger charge is 2.20. The summed E-state index contributed by atoms with van der Waals surface area (Å²) in [5.74, 6) is -0.331. The van der Waals surface area contributed by atoms with Crippen LogP contribution in [0.1, 0.15) is 28.9 Å². The molecule has 1 saturated heterocycles. The number of aromatic nitrogens is 4. The minimum atomic E-state index is -0.514. The number of halogens is 1. The van der Waals surface area contributed by atoms with Gasteiger partial charge in [0.25, 0.3) is 5.91 Å². The zero-order chi connectivity index (χ0) is 21.4. The van der Waals surface area contributed by atoms with Gasteiger partial charge in [-0.15, -0.1) is 0 Å². The van der Waals surface area contributed by atoms with Crippen molar-refractivity contribution in [1.82, 2.24) is 24.7 Å². The molecule has 0 radical (unpaired) electrons. The molecule has 2 N–H and O–H groups in total. The van der Waals surface area contributed by atoms with E-state index in [4.69, 9.17) is 4.74 Å². The van der Waals surface area contributed by atoms with Gasteiger partial charge in [0.2, 0.25) is 0 Å². The average molecular weight is 420 g/mol. The number of nitrogens with zero attached hydrogens (tertiary/aromatic N) is 4. The van der Waals surface area contributed by atoms with Gasteiger partial charge in [-0.25, -0.2) is 14.4 Å². The van der Waals surface area contributed by atoms with E-state index in [2.05, 4.69) is 25.6 Å². The molecule has 0 aliphatic carbocycles. The monoisotopic (exact) mass is 420 g/mol. The zero-order valence-electron chi connectivity index (χ0n) is 16.9. The summed E-state index contributed by atoms with van der Waals surface area (Å²) in [5.41, 5.74) is 2.50. The number of aryl methyl sites for hydroxylation is 1. The molecular weight excluding hydrogens is 399 g/mol. The molecule has 1 aliphatic rings. The molecule has 1 amide bonds. The van der Waals surface area contributed by atoms with Crippen molar-refractivity contribution >= 4 is 28.3 Å². The van der Waals surface area contributed by atoms with Gasteiger partial charge in [0, 0.05) is 37.4 Å². The highest BCUT2D eigenvalue weighted by atomic mass is 19.1. The second kappa shape index (κ2) is 7.92. The van der Waals surface area contributed by atoms with Gasteiger partial charge in [0.15, 0.2) is 11.5 Å². The summed E-state index contributed by atoms with van der Waals surface area (Å²) < 4.78 is 22.0. The standard InChI is InChI=1S/C22H21FN6O2/c1-13-11-29-12-14(9-17(23)21(29)27-13)28-22(30)16-4-5-18(20-19(16)25-7-8-26-20)31-15-3-2-6-24-10-15/h4-5,7-9,11-12,15,24H,2-3,6,10H2,1H3,(H,28,30). The third-order valence-electron chi connectivity index (χ3n) is 5.26. The molecule has 1 fully saturated rings. The topological polar surface area (TPSA) is 93.4 Å². The number of imidazole rings is 1. The van der Waals surface area contributed by atoms with Crippen molar-refractivity contribution in [1.29, 1.82) is 0 Å². The summed E-state index contributed by atoms with van der Waals surface area (Å²) in [4.78, 5) is 25.9. The molecule has 158 valence electrons. The molecule has 4 heterocycles. The number of carbonyl (C=O) groups is 1. The summed E-state index contributed by atoms with van der Waals surface area (Å²) in [5, 5.41) is 6.06. The summed E-state index contributed by atoms with van der Waals surface area (Å²) in [6, 6.07) is 4.65. The van der Waals surface area contributed by atoms with Crippen LogP contribution in [0.3, 0.4) is 0 Å². The number of ether oxygens (including phenoxy) is 1. The smallest absolute Gasteiger partial charge is 0.257 e. The number of carbonyl (C=O) groups excluding carboxylic acids is 1. The van der Waals surface area contributed by atoms with Crippen LogP contribution in [0.15, 0.2) is 43.0 Å². The number of anilines is 1. The fraction of sp³-hybridized carbons (Fsp3) is 0.273. The third-order valence-corrected chi connectivity index (χ3v) is 5.26. The van der Waals surface area contributed by atoms with Crippen molar-refractivity contribution in [2.24, 2.45) is 0 Å². The summed E-state index contributed by atoms with van der Waals surface area (Å²) in [7, 11) is 0. The van der Waals surface area contributed by atoms with E-state index >= 15 is 0 Å². The molecule has 3 aromatic heterocycles. The van der Waals surface area contributed by atoms with Crippen molar-refractivity contribution in [3.8, 4) is 5.75 Å². The maximum atomic E-state index is 14.4. The molecule has 8 nitrogen and oxygen atoms in total. The molecule has 5 rings (SSSR count). The van der Waals surface area contributed by atoms with Crippen LogP contribution in [0.4, 0.5) is 10.1 Å². The van der Waals surface area contributed by atoms with E-state index < -0.39 is 11.7 Å². The molecule has 0 saturated carbocycles. The lowest BCUT2D eigenvalue weighted by Crippen LogP contribution is -2.37. The molecule has 1 aromatic carbocycles. The first kappa shape index (κ1) is 19.4. The zero-order valence-corrected chi connectivity index (χ0v) is 16.9. The van der Waals surface area contributed by atoms with E-state index in [9.17, 15) is 9.18 Å².